The molecule has 0 amide bonds. The van der Waals surface area contributed by atoms with Crippen LogP contribution < -0.4 is 5.73 Å². The minimum atomic E-state index is -0.829. The van der Waals surface area contributed by atoms with Crippen molar-refractivity contribution in [2.45, 2.75) is 0 Å². The third-order valence-electron chi connectivity index (χ3n) is 4.00. The molecule has 132 valence electrons. The maximum atomic E-state index is 14.4. The molecule has 0 spiro atoms. The summed E-state index contributed by atoms with van der Waals surface area (Å²) in [5, 5.41) is 16.9. The summed E-state index contributed by atoms with van der Waals surface area (Å²) in [6.45, 7) is 0. The number of halogens is 3. The Kier molecular flexibility index (Phi) is 3.94. The fourth-order valence-corrected chi connectivity index (χ4v) is 3.05. The number of nitrogen functional groups attached to an aromatic ring is 1. The number of fused-ring (bicyclic) bond motifs is 1. The van der Waals surface area contributed by atoms with Crippen LogP contribution in [0.4, 0.5) is 14.6 Å². The first kappa shape index (κ1) is 16.9. The molecule has 0 radical (unpaired) electrons. The molecular weight excluding hydrogens is 374 g/mol. The van der Waals surface area contributed by atoms with Crippen molar-refractivity contribution in [3.8, 4) is 28.6 Å². The third kappa shape index (κ3) is 2.74. The molecule has 0 saturated heterocycles. The Balaban J connectivity index is 2.08. The van der Waals surface area contributed by atoms with Gasteiger partial charge in [0, 0.05) is 10.9 Å². The summed E-state index contributed by atoms with van der Waals surface area (Å²) >= 11 is 6.26. The Morgan fingerprint density at radius 2 is 1.85 bits per heavy atom. The number of hydrogen-bond acceptors (Lipinski definition) is 5. The van der Waals surface area contributed by atoms with Gasteiger partial charge in [0.25, 0.3) is 0 Å². The fraction of sp³-hybridized carbons (Fsp3) is 0. The first-order valence-corrected chi connectivity index (χ1v) is 8.02. The quantitative estimate of drug-likeness (QED) is 0.543. The molecule has 27 heavy (non-hydrogen) atoms. The number of benzene rings is 2. The zero-order chi connectivity index (χ0) is 19.1. The van der Waals surface area contributed by atoms with E-state index in [1.807, 2.05) is 6.07 Å². The standard InChI is InChI=1S/C18H9ClF2N6/c19-10-5-8(4-9-7-24-27-15(9)10)16-17(26-18(23)13(6-22)25-16)14-11(20)2-1-3-12(14)21/h1-5,7H,(H2,23,26)(H,24,27). The Hall–Kier alpha value is -3.57. The van der Waals surface area contributed by atoms with E-state index in [0.29, 0.717) is 21.5 Å². The van der Waals surface area contributed by atoms with Crippen molar-refractivity contribution in [1.29, 1.82) is 5.26 Å². The normalized spacial score (nSPS) is 10.9. The fourth-order valence-electron chi connectivity index (χ4n) is 2.78. The molecule has 0 saturated carbocycles. The van der Waals surface area contributed by atoms with Crippen LogP contribution in [-0.2, 0) is 0 Å². The molecule has 0 aliphatic heterocycles. The zero-order valence-corrected chi connectivity index (χ0v) is 14.2. The van der Waals surface area contributed by atoms with E-state index in [9.17, 15) is 14.0 Å². The van der Waals surface area contributed by atoms with Crippen LogP contribution in [-0.4, -0.2) is 20.2 Å². The highest BCUT2D eigenvalue weighted by atomic mass is 35.5. The lowest BCUT2D eigenvalue weighted by atomic mass is 10.0. The molecule has 9 heteroatoms. The maximum Gasteiger partial charge on any atom is 0.183 e. The summed E-state index contributed by atoms with van der Waals surface area (Å²) in [6, 6.07) is 8.49. The van der Waals surface area contributed by atoms with Gasteiger partial charge in [0.05, 0.1) is 28.0 Å². The predicted octanol–water partition coefficient (Wildman–Crippen LogP) is 4.07. The Labute approximate surface area is 156 Å². The monoisotopic (exact) mass is 382 g/mol. The van der Waals surface area contributed by atoms with Crippen molar-refractivity contribution in [2.75, 3.05) is 5.73 Å². The van der Waals surface area contributed by atoms with E-state index >= 15 is 0 Å². The number of hydrogen-bond donors (Lipinski definition) is 2. The van der Waals surface area contributed by atoms with Gasteiger partial charge in [0.15, 0.2) is 11.5 Å². The van der Waals surface area contributed by atoms with Gasteiger partial charge < -0.3 is 5.73 Å². The van der Waals surface area contributed by atoms with Gasteiger partial charge >= 0.3 is 0 Å². The van der Waals surface area contributed by atoms with Gasteiger partial charge in [-0.1, -0.05) is 17.7 Å². The van der Waals surface area contributed by atoms with Crippen molar-refractivity contribution >= 4 is 28.3 Å². The van der Waals surface area contributed by atoms with Gasteiger partial charge in [-0.25, -0.2) is 18.7 Å². The highest BCUT2D eigenvalue weighted by molar-refractivity contribution is 6.35. The molecule has 0 aliphatic rings. The molecule has 4 rings (SSSR count). The number of nitrogens with one attached hydrogen (secondary N) is 1. The number of nitrogens with two attached hydrogens (primary N) is 1. The van der Waals surface area contributed by atoms with E-state index in [4.69, 9.17) is 17.3 Å². The molecule has 0 unspecified atom stereocenters. The number of H-pyrrole nitrogens is 1. The second-order valence-electron chi connectivity index (χ2n) is 5.66. The predicted molar refractivity (Wildman–Crippen MR) is 96.6 cm³/mol. The highest BCUT2D eigenvalue weighted by Gasteiger charge is 2.22. The summed E-state index contributed by atoms with van der Waals surface area (Å²) in [5.41, 5.74) is 6.16. The second-order valence-corrected chi connectivity index (χ2v) is 6.06. The molecular formula is C18H9ClF2N6. The van der Waals surface area contributed by atoms with E-state index < -0.39 is 11.6 Å². The number of rotatable bonds is 2. The first-order chi connectivity index (χ1) is 13.0. The van der Waals surface area contributed by atoms with Crippen LogP contribution in [0.1, 0.15) is 5.69 Å². The summed E-state index contributed by atoms with van der Waals surface area (Å²) in [7, 11) is 0. The molecule has 0 bridgehead atoms. The zero-order valence-electron chi connectivity index (χ0n) is 13.5. The maximum absolute atomic E-state index is 14.4. The van der Waals surface area contributed by atoms with Gasteiger partial charge in [-0.3, -0.25) is 5.10 Å². The van der Waals surface area contributed by atoms with Gasteiger partial charge in [0.2, 0.25) is 0 Å². The topological polar surface area (TPSA) is 104 Å². The van der Waals surface area contributed by atoms with Crippen LogP contribution in [0, 0.1) is 23.0 Å². The number of aromatic amines is 1. The van der Waals surface area contributed by atoms with Crippen LogP contribution in [0.2, 0.25) is 5.02 Å². The minimum Gasteiger partial charge on any atom is -0.381 e. The largest absolute Gasteiger partial charge is 0.381 e. The SMILES string of the molecule is N#Cc1nc(-c2cc(Cl)c3[nH]ncc3c2)c(-c2c(F)cccc2F)nc1N. The van der Waals surface area contributed by atoms with Crippen LogP contribution in [0.5, 0.6) is 0 Å². The number of nitrogens with zero attached hydrogens (tertiary/aromatic N) is 4. The number of anilines is 1. The van der Waals surface area contributed by atoms with Crippen molar-refractivity contribution in [1.82, 2.24) is 20.2 Å². The van der Waals surface area contributed by atoms with E-state index in [2.05, 4.69) is 20.2 Å². The van der Waals surface area contributed by atoms with Gasteiger partial charge in [0.1, 0.15) is 23.4 Å². The highest BCUT2D eigenvalue weighted by Crippen LogP contribution is 2.36. The van der Waals surface area contributed by atoms with Gasteiger partial charge in [-0.2, -0.15) is 10.4 Å². The molecule has 0 aliphatic carbocycles. The molecule has 2 heterocycles. The number of aromatic nitrogens is 4. The van der Waals surface area contributed by atoms with Gasteiger partial charge in [-0.05, 0) is 24.3 Å². The summed E-state index contributed by atoms with van der Waals surface area (Å²) < 4.78 is 28.7. The summed E-state index contributed by atoms with van der Waals surface area (Å²) in [4.78, 5) is 8.24. The van der Waals surface area contributed by atoms with Crippen molar-refractivity contribution in [3.05, 3.63) is 58.9 Å². The van der Waals surface area contributed by atoms with E-state index in [0.717, 1.165) is 12.1 Å². The first-order valence-electron chi connectivity index (χ1n) is 7.64. The summed E-state index contributed by atoms with van der Waals surface area (Å²) in [6.07, 6.45) is 1.55. The van der Waals surface area contributed by atoms with Crippen molar-refractivity contribution in [3.63, 3.8) is 0 Å². The molecule has 3 N–H and O–H groups in total. The molecule has 0 atom stereocenters. The Morgan fingerprint density at radius 1 is 1.11 bits per heavy atom. The third-order valence-corrected chi connectivity index (χ3v) is 4.30. The smallest absolute Gasteiger partial charge is 0.183 e. The van der Waals surface area contributed by atoms with E-state index in [1.165, 1.54) is 6.07 Å². The molecule has 2 aromatic heterocycles. The van der Waals surface area contributed by atoms with Crippen LogP contribution in [0.25, 0.3) is 33.4 Å². The Bertz CT molecular complexity index is 1220. The van der Waals surface area contributed by atoms with Crippen LogP contribution >= 0.6 is 11.6 Å². The summed E-state index contributed by atoms with van der Waals surface area (Å²) in [5.74, 6) is -1.88. The minimum absolute atomic E-state index is 0.0785. The molecule has 6 nitrogen and oxygen atoms in total. The molecule has 0 fully saturated rings. The molecule has 4 aromatic rings. The van der Waals surface area contributed by atoms with Crippen molar-refractivity contribution < 1.29 is 8.78 Å². The second kappa shape index (κ2) is 6.30. The van der Waals surface area contributed by atoms with Crippen LogP contribution in [0.15, 0.2) is 36.5 Å². The van der Waals surface area contributed by atoms with Gasteiger partial charge in [-0.15, -0.1) is 0 Å². The molecule has 2 aromatic carbocycles. The van der Waals surface area contributed by atoms with Crippen molar-refractivity contribution in [2.24, 2.45) is 0 Å². The Morgan fingerprint density at radius 3 is 2.56 bits per heavy atom. The van der Waals surface area contributed by atoms with E-state index in [-0.39, 0.29) is 28.5 Å². The lowest BCUT2D eigenvalue weighted by Crippen LogP contribution is -2.05. The lowest BCUT2D eigenvalue weighted by molar-refractivity contribution is 0.588. The van der Waals surface area contributed by atoms with Crippen LogP contribution in [0.3, 0.4) is 0 Å². The lowest BCUT2D eigenvalue weighted by Gasteiger charge is -2.12. The number of nitriles is 1. The average molecular weight is 383 g/mol. The van der Waals surface area contributed by atoms with E-state index in [1.54, 1.807) is 18.3 Å². The average Bonchev–Trinajstić information content (AvgIpc) is 3.11.